The van der Waals surface area contributed by atoms with Gasteiger partial charge in [0.1, 0.15) is 5.56 Å². The number of rotatable bonds is 4. The molecule has 18 heteroatoms. The van der Waals surface area contributed by atoms with Gasteiger partial charge >= 0.3 is 24.7 Å². The number of halogens is 12. The van der Waals surface area contributed by atoms with E-state index in [0.717, 1.165) is 4.13 Å². The van der Waals surface area contributed by atoms with Gasteiger partial charge in [-0.3, -0.25) is 0 Å². The van der Waals surface area contributed by atoms with Crippen molar-refractivity contribution in [1.29, 1.82) is 0 Å². The van der Waals surface area contributed by atoms with Crippen LogP contribution in [0.4, 0.5) is 52.7 Å². The van der Waals surface area contributed by atoms with Crippen LogP contribution in [0.5, 0.6) is 0 Å². The number of benzene rings is 2. The van der Waals surface area contributed by atoms with Crippen molar-refractivity contribution in [2.75, 3.05) is 0 Å². The van der Waals surface area contributed by atoms with Crippen LogP contribution >= 0.6 is 0 Å². The van der Waals surface area contributed by atoms with Gasteiger partial charge in [-0.25, -0.2) is 8.42 Å². The van der Waals surface area contributed by atoms with E-state index in [0.29, 0.717) is 0 Å². The van der Waals surface area contributed by atoms with Crippen molar-refractivity contribution in [2.24, 2.45) is 0 Å². The van der Waals surface area contributed by atoms with E-state index in [1.165, 1.54) is 0 Å². The van der Waals surface area contributed by atoms with E-state index in [9.17, 15) is 65.7 Å². The molecular weight excluding hydrogens is 546 g/mol. The molecule has 2 rings (SSSR count). The highest BCUT2D eigenvalue weighted by atomic mass is 32.3. The molecular formula is C16H7F12NO3S2. The second-order valence-electron chi connectivity index (χ2n) is 6.27. The second kappa shape index (κ2) is 8.80. The zero-order valence-corrected chi connectivity index (χ0v) is 17.2. The van der Waals surface area contributed by atoms with Gasteiger partial charge in [0, 0.05) is 6.07 Å². The maximum Gasteiger partial charge on any atom is 0.421 e. The van der Waals surface area contributed by atoms with E-state index in [1.54, 1.807) is 0 Å². The van der Waals surface area contributed by atoms with Gasteiger partial charge in [-0.1, -0.05) is 0 Å². The molecule has 0 aliphatic rings. The summed E-state index contributed by atoms with van der Waals surface area (Å²) < 4.78 is 194. The van der Waals surface area contributed by atoms with Crippen molar-refractivity contribution < 1.29 is 65.7 Å². The van der Waals surface area contributed by atoms with Gasteiger partial charge in [0.05, 0.1) is 32.9 Å². The Hall–Kier alpha value is -2.18. The summed E-state index contributed by atoms with van der Waals surface area (Å²) in [6, 6.07) is -1.57. The van der Waals surface area contributed by atoms with Gasteiger partial charge < -0.3 is 4.55 Å². The normalized spacial score (nSPS) is 14.9. The molecule has 0 aromatic heterocycles. The topological polar surface area (TPSA) is 69.2 Å². The van der Waals surface area contributed by atoms with Gasteiger partial charge in [0.25, 0.3) is 10.0 Å². The fourth-order valence-electron chi connectivity index (χ4n) is 2.43. The monoisotopic (exact) mass is 553 g/mol. The molecule has 34 heavy (non-hydrogen) atoms. The standard InChI is InChI=1S/C16H7F12NO3S2/c17-13(18,19)7-1-3-9(15(23,24)25)11(5-7)33(30)29-34(31,32)12-6-8(14(20,21)22)2-4-10(12)16(26,27)28/h1-6,29H. The van der Waals surface area contributed by atoms with Gasteiger partial charge in [0.15, 0.2) is 4.90 Å². The molecule has 0 radical (unpaired) electrons. The first kappa shape index (κ1) is 28.1. The van der Waals surface area contributed by atoms with Crippen LogP contribution in [-0.2, 0) is 46.1 Å². The van der Waals surface area contributed by atoms with Crippen molar-refractivity contribution in [3.8, 4) is 0 Å². The average Bonchev–Trinajstić information content (AvgIpc) is 2.63. The van der Waals surface area contributed by atoms with Crippen molar-refractivity contribution in [3.05, 3.63) is 58.7 Å². The highest BCUT2D eigenvalue weighted by Crippen LogP contribution is 2.40. The third kappa shape index (κ3) is 6.28. The number of hydrogen-bond donors (Lipinski definition) is 1. The van der Waals surface area contributed by atoms with Gasteiger partial charge in [-0.15, -0.1) is 0 Å². The number of nitrogens with one attached hydrogen (secondary N) is 1. The zero-order chi connectivity index (χ0) is 26.5. The molecule has 4 nitrogen and oxygen atoms in total. The Labute approximate surface area is 184 Å². The quantitative estimate of drug-likeness (QED) is 0.387. The third-order valence-corrected chi connectivity index (χ3v) is 7.04. The zero-order valence-electron chi connectivity index (χ0n) is 15.5. The molecule has 0 saturated heterocycles. The smallest absolute Gasteiger partial charge is 0.421 e. The Kier molecular flexibility index (Phi) is 7.26. The molecule has 0 heterocycles. The maximum absolute atomic E-state index is 13.1. The van der Waals surface area contributed by atoms with Crippen LogP contribution in [0.2, 0.25) is 0 Å². The first-order chi connectivity index (χ1) is 15.0. The Bertz CT molecular complexity index is 1170. The largest absolute Gasteiger partial charge is 0.592 e. The lowest BCUT2D eigenvalue weighted by Crippen LogP contribution is -2.34. The Morgan fingerprint density at radius 1 is 0.647 bits per heavy atom. The first-order valence-electron chi connectivity index (χ1n) is 8.06. The predicted octanol–water partition coefficient (Wildman–Crippen LogP) is 5.76. The summed E-state index contributed by atoms with van der Waals surface area (Å²) >= 11 is -3.83. The highest BCUT2D eigenvalue weighted by Gasteiger charge is 2.44. The van der Waals surface area contributed by atoms with Crippen LogP contribution < -0.4 is 4.13 Å². The van der Waals surface area contributed by atoms with Crippen LogP contribution in [0.25, 0.3) is 0 Å². The molecule has 2 aromatic carbocycles. The molecule has 1 unspecified atom stereocenters. The Balaban J connectivity index is 2.66. The fourth-order valence-corrected chi connectivity index (χ4v) is 5.32. The SMILES string of the molecule is O=S(=O)(N[S+]([O-])c1cc(C(F)(F)F)ccc1C(F)(F)F)c1cc(C(F)(F)F)ccc1C(F)(F)F. The number of sulfonamides is 1. The van der Waals surface area contributed by atoms with Gasteiger partial charge in [0.2, 0.25) is 0 Å². The molecule has 2 aromatic rings. The molecule has 0 aliphatic carbocycles. The molecule has 0 amide bonds. The maximum atomic E-state index is 13.1. The minimum atomic E-state index is -5.93. The third-order valence-electron chi connectivity index (χ3n) is 3.90. The molecule has 190 valence electrons. The van der Waals surface area contributed by atoms with Gasteiger partial charge in [-0.2, -0.15) is 52.7 Å². The lowest BCUT2D eigenvalue weighted by molar-refractivity contribution is -0.143. The van der Waals surface area contributed by atoms with Crippen molar-refractivity contribution in [3.63, 3.8) is 0 Å². The summed E-state index contributed by atoms with van der Waals surface area (Å²) in [6.45, 7) is 0. The van der Waals surface area contributed by atoms with Gasteiger partial charge in [-0.05, 0) is 34.5 Å². The lowest BCUT2D eigenvalue weighted by Gasteiger charge is -2.19. The summed E-state index contributed by atoms with van der Waals surface area (Å²) in [5.74, 6) is 0. The molecule has 0 fully saturated rings. The van der Waals surface area contributed by atoms with Crippen molar-refractivity contribution in [1.82, 2.24) is 4.13 Å². The van der Waals surface area contributed by atoms with Crippen LogP contribution in [0, 0.1) is 0 Å². The Morgan fingerprint density at radius 3 is 1.47 bits per heavy atom. The van der Waals surface area contributed by atoms with Crippen LogP contribution in [0.15, 0.2) is 46.2 Å². The average molecular weight is 553 g/mol. The molecule has 1 N–H and O–H groups in total. The molecule has 0 spiro atoms. The fraction of sp³-hybridized carbons (Fsp3) is 0.250. The van der Waals surface area contributed by atoms with E-state index >= 15 is 0 Å². The molecule has 0 aliphatic heterocycles. The molecule has 0 saturated carbocycles. The van der Waals surface area contributed by atoms with Crippen LogP contribution in [0.3, 0.4) is 0 Å². The van der Waals surface area contributed by atoms with E-state index in [4.69, 9.17) is 0 Å². The van der Waals surface area contributed by atoms with Crippen molar-refractivity contribution in [2.45, 2.75) is 34.5 Å². The van der Waals surface area contributed by atoms with Crippen LogP contribution in [-0.4, -0.2) is 13.0 Å². The number of hydrogen-bond acceptors (Lipinski definition) is 3. The summed E-state index contributed by atoms with van der Waals surface area (Å²) in [5, 5.41) is 0. The predicted molar refractivity (Wildman–Crippen MR) is 89.6 cm³/mol. The summed E-state index contributed by atoms with van der Waals surface area (Å²) in [4.78, 5) is -4.00. The summed E-state index contributed by atoms with van der Waals surface area (Å²) in [7, 11) is -5.93. The molecule has 1 atom stereocenters. The second-order valence-corrected chi connectivity index (χ2v) is 9.36. The van der Waals surface area contributed by atoms with Crippen molar-refractivity contribution >= 4 is 21.4 Å². The highest BCUT2D eigenvalue weighted by molar-refractivity contribution is 8.04. The van der Waals surface area contributed by atoms with E-state index in [1.807, 2.05) is 0 Å². The lowest BCUT2D eigenvalue weighted by atomic mass is 10.1. The van der Waals surface area contributed by atoms with E-state index < -0.39 is 84.2 Å². The van der Waals surface area contributed by atoms with Crippen LogP contribution in [0.1, 0.15) is 22.3 Å². The molecule has 0 bridgehead atoms. The minimum Gasteiger partial charge on any atom is -0.592 e. The van der Waals surface area contributed by atoms with E-state index in [2.05, 4.69) is 0 Å². The minimum absolute atomic E-state index is 0.0768. The first-order valence-corrected chi connectivity index (χ1v) is 10.7. The van der Waals surface area contributed by atoms with E-state index in [-0.39, 0.29) is 30.3 Å². The Morgan fingerprint density at radius 2 is 1.06 bits per heavy atom. The summed E-state index contributed by atoms with van der Waals surface area (Å²) in [5.41, 5.74) is -7.98. The summed E-state index contributed by atoms with van der Waals surface area (Å²) in [6.07, 6.45) is -21.7. The number of alkyl halides is 12.